The van der Waals surface area contributed by atoms with Gasteiger partial charge in [0.15, 0.2) is 11.6 Å². The fourth-order valence-electron chi connectivity index (χ4n) is 5.60. The molecular formula is C35H31FN2O4. The maximum absolute atomic E-state index is 13.8. The highest BCUT2D eigenvalue weighted by molar-refractivity contribution is 6.13. The van der Waals surface area contributed by atoms with E-state index in [1.54, 1.807) is 38.6 Å². The fourth-order valence-corrected chi connectivity index (χ4v) is 5.60. The van der Waals surface area contributed by atoms with Gasteiger partial charge in [-0.05, 0) is 97.5 Å². The maximum Gasteiger partial charge on any atom is 0.167 e. The number of hydrogen-bond donors (Lipinski definition) is 0. The number of rotatable bonds is 9. The first-order valence-electron chi connectivity index (χ1n) is 14.1. The number of Topliss-reactive ketones (excluding diaryl/α,β-unsaturated/α-hetero) is 2. The summed E-state index contributed by atoms with van der Waals surface area (Å²) >= 11 is 0. The van der Waals surface area contributed by atoms with Gasteiger partial charge in [-0.15, -0.1) is 0 Å². The van der Waals surface area contributed by atoms with Gasteiger partial charge in [-0.1, -0.05) is 13.0 Å². The van der Waals surface area contributed by atoms with E-state index in [0.29, 0.717) is 57.8 Å². The molecular weight excluding hydrogens is 531 g/mol. The van der Waals surface area contributed by atoms with Gasteiger partial charge >= 0.3 is 0 Å². The third-order valence-corrected chi connectivity index (χ3v) is 8.16. The Kier molecular flexibility index (Phi) is 6.97. The second kappa shape index (κ2) is 10.6. The number of hydrogen-bond acceptors (Lipinski definition) is 6. The first-order chi connectivity index (χ1) is 20.2. The van der Waals surface area contributed by atoms with E-state index in [1.165, 1.54) is 12.1 Å². The smallest absolute Gasteiger partial charge is 0.167 e. The van der Waals surface area contributed by atoms with E-state index >= 15 is 0 Å². The Bertz CT molecular complexity index is 1830. The zero-order valence-electron chi connectivity index (χ0n) is 24.1. The number of aryl methyl sites for hydroxylation is 2. The number of nitrogens with zero attached hydrogens (tertiary/aromatic N) is 2. The van der Waals surface area contributed by atoms with Crippen LogP contribution in [0.1, 0.15) is 70.3 Å². The molecule has 6 rings (SSSR count). The van der Waals surface area contributed by atoms with Gasteiger partial charge in [-0.2, -0.15) is 0 Å². The monoisotopic (exact) mass is 562 g/mol. The van der Waals surface area contributed by atoms with Crippen molar-refractivity contribution in [3.63, 3.8) is 0 Å². The average Bonchev–Trinajstić information content (AvgIpc) is 3.67. The first-order valence-corrected chi connectivity index (χ1v) is 14.1. The van der Waals surface area contributed by atoms with Crippen molar-refractivity contribution in [2.75, 3.05) is 7.11 Å². The Labute approximate surface area is 243 Å². The lowest BCUT2D eigenvalue weighted by Gasteiger charge is -2.17. The zero-order valence-corrected chi connectivity index (χ0v) is 24.1. The van der Waals surface area contributed by atoms with E-state index < -0.39 is 0 Å². The number of fused-ring (bicyclic) bond motifs is 1. The zero-order chi connectivity index (χ0) is 29.6. The van der Waals surface area contributed by atoms with E-state index in [1.807, 2.05) is 44.2 Å². The largest absolute Gasteiger partial charge is 0.496 e. The summed E-state index contributed by atoms with van der Waals surface area (Å²) in [5.74, 6) is 1.19. The number of methoxy groups -OCH3 is 1. The van der Waals surface area contributed by atoms with Gasteiger partial charge in [0, 0.05) is 41.6 Å². The number of halogens is 1. The molecule has 212 valence electrons. The average molecular weight is 563 g/mol. The van der Waals surface area contributed by atoms with Crippen LogP contribution in [0.4, 0.5) is 4.39 Å². The van der Waals surface area contributed by atoms with Crippen LogP contribution in [0.2, 0.25) is 0 Å². The molecule has 42 heavy (non-hydrogen) atoms. The van der Waals surface area contributed by atoms with Crippen molar-refractivity contribution in [1.82, 2.24) is 9.97 Å². The summed E-state index contributed by atoms with van der Waals surface area (Å²) in [4.78, 5) is 36.0. The van der Waals surface area contributed by atoms with Crippen molar-refractivity contribution in [2.45, 2.75) is 51.9 Å². The normalized spacial score (nSPS) is 13.7. The van der Waals surface area contributed by atoms with Crippen LogP contribution in [-0.4, -0.2) is 28.6 Å². The molecule has 7 heteroatoms. The molecule has 6 nitrogen and oxygen atoms in total. The molecule has 1 aliphatic carbocycles. The Morgan fingerprint density at radius 2 is 1.64 bits per heavy atom. The summed E-state index contributed by atoms with van der Waals surface area (Å²) < 4.78 is 25.4. The molecule has 0 bridgehead atoms. The van der Waals surface area contributed by atoms with Crippen LogP contribution >= 0.6 is 0 Å². The van der Waals surface area contributed by atoms with Crippen LogP contribution in [0.15, 0.2) is 71.4 Å². The highest BCUT2D eigenvalue weighted by Gasteiger charge is 2.48. The highest BCUT2D eigenvalue weighted by Crippen LogP contribution is 2.50. The predicted molar refractivity (Wildman–Crippen MR) is 160 cm³/mol. The van der Waals surface area contributed by atoms with Gasteiger partial charge in [0.1, 0.15) is 28.7 Å². The molecule has 3 aromatic carbocycles. The molecule has 0 amide bonds. The van der Waals surface area contributed by atoms with Crippen molar-refractivity contribution in [1.29, 1.82) is 0 Å². The number of ether oxygens (including phenoxy) is 1. The number of furan rings is 1. The number of aromatic nitrogens is 2. The van der Waals surface area contributed by atoms with Crippen LogP contribution in [-0.2, 0) is 5.41 Å². The third-order valence-electron chi connectivity index (χ3n) is 8.16. The van der Waals surface area contributed by atoms with Crippen molar-refractivity contribution >= 4 is 22.5 Å². The molecule has 5 aromatic rings. The van der Waals surface area contributed by atoms with Gasteiger partial charge in [0.25, 0.3) is 0 Å². The molecule has 0 spiro atoms. The van der Waals surface area contributed by atoms with Crippen molar-refractivity contribution in [3.05, 3.63) is 101 Å². The van der Waals surface area contributed by atoms with E-state index in [2.05, 4.69) is 9.97 Å². The fraction of sp³-hybridized carbons (Fsp3) is 0.257. The number of ketones is 2. The van der Waals surface area contributed by atoms with Crippen LogP contribution in [0, 0.1) is 19.7 Å². The lowest BCUT2D eigenvalue weighted by Crippen LogP contribution is -2.17. The summed E-state index contributed by atoms with van der Waals surface area (Å²) in [5, 5.41) is 0.676. The second-order valence-electron chi connectivity index (χ2n) is 11.1. The van der Waals surface area contributed by atoms with Crippen molar-refractivity contribution in [3.8, 4) is 28.2 Å². The molecule has 2 aromatic heterocycles. The molecule has 0 unspecified atom stereocenters. The molecule has 0 aliphatic heterocycles. The molecule has 2 heterocycles. The molecule has 1 saturated carbocycles. The summed E-state index contributed by atoms with van der Waals surface area (Å²) in [7, 11) is 1.57. The molecule has 0 saturated heterocycles. The first kappa shape index (κ1) is 27.5. The second-order valence-corrected chi connectivity index (χ2v) is 11.1. The summed E-state index contributed by atoms with van der Waals surface area (Å²) in [6.45, 7) is 5.72. The van der Waals surface area contributed by atoms with E-state index in [0.717, 1.165) is 35.1 Å². The maximum atomic E-state index is 13.8. The standard InChI is InChI=1S/C35H31FN2O4/c1-5-28(39)32-27-15-23(8-11-30(27)42-33(32)22-6-9-24(36)10-7-22)25-16-26(31(41-4)14-21(25)3)29(40)17-35(12-13-35)34-37-18-20(2)19-38-34/h6-11,14-16,18-19H,5,12-13,17H2,1-4H3. The lowest BCUT2D eigenvalue weighted by molar-refractivity contribution is 0.0963. The summed E-state index contributed by atoms with van der Waals surface area (Å²) in [6, 6.07) is 15.4. The Morgan fingerprint density at radius 1 is 0.952 bits per heavy atom. The Balaban J connectivity index is 1.42. The van der Waals surface area contributed by atoms with Crippen LogP contribution < -0.4 is 4.74 Å². The minimum absolute atomic E-state index is 0.0281. The van der Waals surface area contributed by atoms with E-state index in [-0.39, 0.29) is 22.8 Å². The third kappa shape index (κ3) is 4.89. The van der Waals surface area contributed by atoms with Crippen molar-refractivity contribution in [2.24, 2.45) is 0 Å². The SMILES string of the molecule is CCC(=O)c1c(-c2ccc(F)cc2)oc2ccc(-c3cc(C(=O)CC4(c5ncc(C)cn5)CC4)c(OC)cc3C)cc12. The topological polar surface area (TPSA) is 82.3 Å². The van der Waals surface area contributed by atoms with Gasteiger partial charge in [-0.3, -0.25) is 9.59 Å². The predicted octanol–water partition coefficient (Wildman–Crippen LogP) is 8.22. The van der Waals surface area contributed by atoms with Gasteiger partial charge in [0.2, 0.25) is 0 Å². The molecule has 0 atom stereocenters. The van der Waals surface area contributed by atoms with Crippen LogP contribution in [0.3, 0.4) is 0 Å². The minimum Gasteiger partial charge on any atom is -0.496 e. The van der Waals surface area contributed by atoms with Gasteiger partial charge in [0.05, 0.1) is 18.2 Å². The van der Waals surface area contributed by atoms with E-state index in [9.17, 15) is 14.0 Å². The number of carbonyl (C=O) groups is 2. The summed E-state index contributed by atoms with van der Waals surface area (Å²) in [5.41, 5.74) is 5.43. The van der Waals surface area contributed by atoms with E-state index in [4.69, 9.17) is 9.15 Å². The van der Waals surface area contributed by atoms with Gasteiger partial charge in [-0.25, -0.2) is 14.4 Å². The van der Waals surface area contributed by atoms with Crippen molar-refractivity contribution < 1.29 is 23.1 Å². The highest BCUT2D eigenvalue weighted by atomic mass is 19.1. The molecule has 1 fully saturated rings. The quantitative estimate of drug-likeness (QED) is 0.168. The lowest BCUT2D eigenvalue weighted by atomic mass is 9.90. The van der Waals surface area contributed by atoms with Gasteiger partial charge < -0.3 is 9.15 Å². The molecule has 1 aliphatic rings. The Morgan fingerprint density at radius 3 is 2.29 bits per heavy atom. The van der Waals surface area contributed by atoms with Crippen LogP contribution in [0.25, 0.3) is 33.4 Å². The van der Waals surface area contributed by atoms with Crippen LogP contribution in [0.5, 0.6) is 5.75 Å². The number of carbonyl (C=O) groups excluding carboxylic acids is 2. The molecule has 0 N–H and O–H groups in total. The summed E-state index contributed by atoms with van der Waals surface area (Å²) in [6.07, 6.45) is 5.91. The Hall–Kier alpha value is -4.65. The minimum atomic E-state index is -0.361. The molecule has 0 radical (unpaired) electrons. The number of benzene rings is 3.